The van der Waals surface area contributed by atoms with Gasteiger partial charge in [-0.3, -0.25) is 0 Å². The van der Waals surface area contributed by atoms with Crippen LogP contribution in [0.2, 0.25) is 0 Å². The van der Waals surface area contributed by atoms with Crippen molar-refractivity contribution in [2.24, 2.45) is 0 Å². The van der Waals surface area contributed by atoms with E-state index in [2.05, 4.69) is 22.2 Å². The van der Waals surface area contributed by atoms with E-state index in [1.54, 1.807) is 19.4 Å². The van der Waals surface area contributed by atoms with Gasteiger partial charge in [0.05, 0.1) is 24.5 Å². The zero-order valence-corrected chi connectivity index (χ0v) is 10.6. The van der Waals surface area contributed by atoms with Crippen LogP contribution in [0.1, 0.15) is 25.2 Å². The van der Waals surface area contributed by atoms with Crippen molar-refractivity contribution >= 4 is 11.4 Å². The fourth-order valence-electron chi connectivity index (χ4n) is 1.82. The minimum atomic E-state index is 0.121. The molecular weight excluding hydrogens is 228 g/mol. The van der Waals surface area contributed by atoms with E-state index in [1.807, 2.05) is 18.3 Å². The van der Waals surface area contributed by atoms with Gasteiger partial charge in [0.15, 0.2) is 0 Å². The van der Waals surface area contributed by atoms with Crippen molar-refractivity contribution in [3.05, 3.63) is 36.4 Å². The maximum absolute atomic E-state index is 5.98. The zero-order valence-electron chi connectivity index (χ0n) is 10.6. The highest BCUT2D eigenvalue weighted by Gasteiger charge is 2.12. The summed E-state index contributed by atoms with van der Waals surface area (Å²) in [5.41, 5.74) is 7.53. The van der Waals surface area contributed by atoms with E-state index in [0.29, 0.717) is 5.69 Å². The Kier molecular flexibility index (Phi) is 3.72. The summed E-state index contributed by atoms with van der Waals surface area (Å²) in [6.45, 7) is 2.10. The zero-order chi connectivity index (χ0) is 13.0. The number of hydrogen-bond acceptors (Lipinski definition) is 4. The highest BCUT2D eigenvalue weighted by Crippen LogP contribution is 2.28. The number of nitrogens with two attached hydrogens (primary N) is 1. The third kappa shape index (κ3) is 2.56. The SMILES string of the molecule is CCC(Nc1ccc(OC)cc1N)c1ncc[nH]1. The Labute approximate surface area is 106 Å². The van der Waals surface area contributed by atoms with Crippen molar-refractivity contribution in [3.63, 3.8) is 0 Å². The van der Waals surface area contributed by atoms with E-state index in [1.165, 1.54) is 0 Å². The molecule has 0 saturated heterocycles. The summed E-state index contributed by atoms with van der Waals surface area (Å²) in [5, 5.41) is 3.38. The van der Waals surface area contributed by atoms with Crippen molar-refractivity contribution in [2.75, 3.05) is 18.2 Å². The largest absolute Gasteiger partial charge is 0.497 e. The molecule has 1 aromatic carbocycles. The summed E-state index contributed by atoms with van der Waals surface area (Å²) in [6, 6.07) is 5.72. The predicted octanol–water partition coefficient (Wildman–Crippen LogP) is 2.56. The normalized spacial score (nSPS) is 12.1. The van der Waals surface area contributed by atoms with Gasteiger partial charge in [0.25, 0.3) is 0 Å². The quantitative estimate of drug-likeness (QED) is 0.709. The molecule has 0 saturated carbocycles. The first kappa shape index (κ1) is 12.3. The van der Waals surface area contributed by atoms with Crippen LogP contribution in [0.25, 0.3) is 0 Å². The summed E-state index contributed by atoms with van der Waals surface area (Å²) in [5.74, 6) is 1.66. The molecule has 18 heavy (non-hydrogen) atoms. The molecule has 0 aliphatic carbocycles. The van der Waals surface area contributed by atoms with E-state index in [4.69, 9.17) is 10.5 Å². The fourth-order valence-corrected chi connectivity index (χ4v) is 1.82. The number of benzene rings is 1. The maximum Gasteiger partial charge on any atom is 0.128 e. The lowest BCUT2D eigenvalue weighted by molar-refractivity contribution is 0.415. The van der Waals surface area contributed by atoms with Crippen molar-refractivity contribution < 1.29 is 4.74 Å². The second-order valence-corrected chi connectivity index (χ2v) is 4.03. The number of hydrogen-bond donors (Lipinski definition) is 3. The van der Waals surface area contributed by atoms with Gasteiger partial charge < -0.3 is 20.8 Å². The number of nitrogens with one attached hydrogen (secondary N) is 2. The van der Waals surface area contributed by atoms with Crippen LogP contribution in [0.15, 0.2) is 30.6 Å². The Hall–Kier alpha value is -2.17. The van der Waals surface area contributed by atoms with Gasteiger partial charge in [-0.1, -0.05) is 6.92 Å². The molecule has 4 N–H and O–H groups in total. The molecule has 0 radical (unpaired) electrons. The minimum Gasteiger partial charge on any atom is -0.497 e. The molecule has 96 valence electrons. The number of anilines is 2. The summed E-state index contributed by atoms with van der Waals surface area (Å²) in [6.07, 6.45) is 4.48. The molecule has 0 aliphatic rings. The molecule has 2 rings (SSSR count). The van der Waals surface area contributed by atoms with E-state index >= 15 is 0 Å². The second kappa shape index (κ2) is 5.44. The van der Waals surface area contributed by atoms with Crippen LogP contribution in [0.3, 0.4) is 0 Å². The molecule has 1 heterocycles. The number of rotatable bonds is 5. The molecule has 0 bridgehead atoms. The summed E-state index contributed by atoms with van der Waals surface area (Å²) < 4.78 is 5.13. The Bertz CT molecular complexity index is 496. The number of imidazole rings is 1. The van der Waals surface area contributed by atoms with E-state index in [-0.39, 0.29) is 6.04 Å². The number of H-pyrrole nitrogens is 1. The van der Waals surface area contributed by atoms with Crippen molar-refractivity contribution in [3.8, 4) is 5.75 Å². The van der Waals surface area contributed by atoms with Gasteiger partial charge in [-0.2, -0.15) is 0 Å². The molecule has 5 heteroatoms. The van der Waals surface area contributed by atoms with E-state index < -0.39 is 0 Å². The van der Waals surface area contributed by atoms with Crippen molar-refractivity contribution in [1.29, 1.82) is 0 Å². The molecule has 2 aromatic rings. The Balaban J connectivity index is 2.17. The van der Waals surface area contributed by atoms with E-state index in [9.17, 15) is 0 Å². The fraction of sp³-hybridized carbons (Fsp3) is 0.308. The van der Waals surface area contributed by atoms with Crippen LogP contribution in [0, 0.1) is 0 Å². The Morgan fingerprint density at radius 1 is 1.50 bits per heavy atom. The standard InChI is InChI=1S/C13H18N4O/c1-3-11(13-15-6-7-16-13)17-12-5-4-9(18-2)8-10(12)14/h4-8,11,17H,3,14H2,1-2H3,(H,15,16). The monoisotopic (exact) mass is 246 g/mol. The number of aromatic nitrogens is 2. The van der Waals surface area contributed by atoms with Gasteiger partial charge in [0.1, 0.15) is 11.6 Å². The van der Waals surface area contributed by atoms with Crippen LogP contribution in [-0.4, -0.2) is 17.1 Å². The first-order valence-corrected chi connectivity index (χ1v) is 5.94. The molecule has 1 aromatic heterocycles. The van der Waals surface area contributed by atoms with Crippen molar-refractivity contribution in [1.82, 2.24) is 9.97 Å². The summed E-state index contributed by atoms with van der Waals surface area (Å²) >= 11 is 0. The average molecular weight is 246 g/mol. The number of aromatic amines is 1. The lowest BCUT2D eigenvalue weighted by Gasteiger charge is -2.18. The Morgan fingerprint density at radius 3 is 2.89 bits per heavy atom. The summed E-state index contributed by atoms with van der Waals surface area (Å²) in [7, 11) is 1.62. The van der Waals surface area contributed by atoms with Crippen LogP contribution in [0.5, 0.6) is 5.75 Å². The maximum atomic E-state index is 5.98. The lowest BCUT2D eigenvalue weighted by Crippen LogP contribution is -2.12. The molecule has 1 atom stereocenters. The molecule has 0 spiro atoms. The molecule has 0 fully saturated rings. The first-order valence-electron chi connectivity index (χ1n) is 5.94. The van der Waals surface area contributed by atoms with Gasteiger partial charge in [-0.05, 0) is 18.6 Å². The van der Waals surface area contributed by atoms with Gasteiger partial charge in [-0.25, -0.2) is 4.98 Å². The van der Waals surface area contributed by atoms with Crippen LogP contribution < -0.4 is 15.8 Å². The third-order valence-electron chi connectivity index (χ3n) is 2.85. The highest BCUT2D eigenvalue weighted by molar-refractivity contribution is 5.68. The van der Waals surface area contributed by atoms with E-state index in [0.717, 1.165) is 23.7 Å². The third-order valence-corrected chi connectivity index (χ3v) is 2.85. The van der Waals surface area contributed by atoms with Gasteiger partial charge in [0.2, 0.25) is 0 Å². The summed E-state index contributed by atoms with van der Waals surface area (Å²) in [4.78, 5) is 7.37. The second-order valence-electron chi connectivity index (χ2n) is 4.03. The molecule has 1 unspecified atom stereocenters. The van der Waals surface area contributed by atoms with Gasteiger partial charge in [0, 0.05) is 18.5 Å². The van der Waals surface area contributed by atoms with Crippen LogP contribution in [-0.2, 0) is 0 Å². The first-order chi connectivity index (χ1) is 8.74. The Morgan fingerprint density at radius 2 is 2.33 bits per heavy atom. The number of methoxy groups -OCH3 is 1. The van der Waals surface area contributed by atoms with Crippen LogP contribution in [0.4, 0.5) is 11.4 Å². The smallest absolute Gasteiger partial charge is 0.128 e. The highest BCUT2D eigenvalue weighted by atomic mass is 16.5. The minimum absolute atomic E-state index is 0.121. The molecular formula is C13H18N4O. The van der Waals surface area contributed by atoms with Gasteiger partial charge in [-0.15, -0.1) is 0 Å². The molecule has 0 aliphatic heterocycles. The van der Waals surface area contributed by atoms with Crippen molar-refractivity contribution in [2.45, 2.75) is 19.4 Å². The predicted molar refractivity (Wildman–Crippen MR) is 72.6 cm³/mol. The topological polar surface area (TPSA) is 76.0 Å². The lowest BCUT2D eigenvalue weighted by atomic mass is 10.2. The number of nitrogens with zero attached hydrogens (tertiary/aromatic N) is 1. The van der Waals surface area contributed by atoms with Gasteiger partial charge >= 0.3 is 0 Å². The average Bonchev–Trinajstić information content (AvgIpc) is 2.91. The van der Waals surface area contributed by atoms with Crippen LogP contribution >= 0.6 is 0 Å². The molecule has 0 amide bonds. The number of ether oxygens (including phenoxy) is 1. The number of nitrogen functional groups attached to an aromatic ring is 1. The molecule has 5 nitrogen and oxygen atoms in total.